The lowest BCUT2D eigenvalue weighted by Crippen LogP contribution is -2.25. The highest BCUT2D eigenvalue weighted by atomic mass is 35.5. The minimum atomic E-state index is -0.269. The van der Waals surface area contributed by atoms with Crippen LogP contribution in [-0.4, -0.2) is 13.2 Å². The molecule has 2 aliphatic rings. The van der Waals surface area contributed by atoms with Crippen LogP contribution in [0.25, 0.3) is 0 Å². The minimum Gasteiger partial charge on any atom is -0.381 e. The maximum atomic E-state index is 13.7. The van der Waals surface area contributed by atoms with E-state index in [2.05, 4.69) is 6.92 Å². The highest BCUT2D eigenvalue weighted by molar-refractivity contribution is 6.30. The zero-order valence-corrected chi connectivity index (χ0v) is 17.7. The zero-order valence-electron chi connectivity index (χ0n) is 16.9. The van der Waals surface area contributed by atoms with Crippen LogP contribution in [0.5, 0.6) is 0 Å². The summed E-state index contributed by atoms with van der Waals surface area (Å²) >= 11 is 5.83. The normalized spacial score (nSPS) is 29.0. The van der Waals surface area contributed by atoms with Crippen molar-refractivity contribution in [2.24, 2.45) is 17.8 Å². The lowest BCUT2D eigenvalue weighted by molar-refractivity contribution is 0.117. The van der Waals surface area contributed by atoms with Crippen LogP contribution in [0.4, 0.5) is 4.39 Å². The van der Waals surface area contributed by atoms with E-state index < -0.39 is 0 Å². The average molecular weight is 395 g/mol. The summed E-state index contributed by atoms with van der Waals surface area (Å²) in [5.41, 5.74) is 1.14. The van der Waals surface area contributed by atoms with Crippen molar-refractivity contribution in [2.45, 2.75) is 83.5 Å². The van der Waals surface area contributed by atoms with Gasteiger partial charge in [-0.3, -0.25) is 0 Å². The van der Waals surface area contributed by atoms with Crippen molar-refractivity contribution in [2.75, 3.05) is 13.2 Å². The monoisotopic (exact) mass is 394 g/mol. The second-order valence-electron chi connectivity index (χ2n) is 8.82. The van der Waals surface area contributed by atoms with E-state index in [1.165, 1.54) is 64.2 Å². The summed E-state index contributed by atoms with van der Waals surface area (Å²) in [4.78, 5) is 0. The van der Waals surface area contributed by atoms with E-state index in [-0.39, 0.29) is 10.8 Å². The van der Waals surface area contributed by atoms with Gasteiger partial charge in [0.25, 0.3) is 0 Å². The first-order valence-electron chi connectivity index (χ1n) is 11.2. The molecule has 0 atom stereocenters. The molecular weight excluding hydrogens is 359 g/mol. The van der Waals surface area contributed by atoms with E-state index in [0.29, 0.717) is 5.92 Å². The van der Waals surface area contributed by atoms with Gasteiger partial charge in [-0.2, -0.15) is 0 Å². The topological polar surface area (TPSA) is 9.23 Å². The fourth-order valence-electron chi connectivity index (χ4n) is 5.36. The molecule has 0 aliphatic heterocycles. The Morgan fingerprint density at radius 3 is 2.26 bits per heavy atom. The Kier molecular flexibility index (Phi) is 8.46. The van der Waals surface area contributed by atoms with Crippen molar-refractivity contribution >= 4 is 11.6 Å². The summed E-state index contributed by atoms with van der Waals surface area (Å²) in [7, 11) is 0. The quantitative estimate of drug-likeness (QED) is 0.409. The third-order valence-corrected chi connectivity index (χ3v) is 7.30. The lowest BCUT2D eigenvalue weighted by atomic mass is 9.68. The first kappa shape index (κ1) is 21.1. The summed E-state index contributed by atoms with van der Waals surface area (Å²) < 4.78 is 19.4. The van der Waals surface area contributed by atoms with Gasteiger partial charge in [-0.15, -0.1) is 0 Å². The molecule has 2 aliphatic carbocycles. The maximum Gasteiger partial charge on any atom is 0.142 e. The second-order valence-corrected chi connectivity index (χ2v) is 9.23. The van der Waals surface area contributed by atoms with Gasteiger partial charge in [0.1, 0.15) is 5.82 Å². The molecule has 1 nitrogen and oxygen atoms in total. The van der Waals surface area contributed by atoms with Crippen LogP contribution in [0.3, 0.4) is 0 Å². The van der Waals surface area contributed by atoms with Crippen LogP contribution in [-0.2, 0) is 4.74 Å². The zero-order chi connectivity index (χ0) is 19.1. The molecule has 1 aromatic rings. The van der Waals surface area contributed by atoms with Gasteiger partial charge in [0.15, 0.2) is 0 Å². The summed E-state index contributed by atoms with van der Waals surface area (Å²) in [5.74, 6) is 3.01. The Labute approximate surface area is 170 Å². The number of halogens is 2. The molecule has 0 bridgehead atoms. The molecule has 0 spiro atoms. The van der Waals surface area contributed by atoms with Gasteiger partial charge in [-0.25, -0.2) is 4.39 Å². The van der Waals surface area contributed by atoms with Crippen LogP contribution in [0.1, 0.15) is 89.0 Å². The van der Waals surface area contributed by atoms with Crippen molar-refractivity contribution in [3.8, 4) is 0 Å². The van der Waals surface area contributed by atoms with Crippen LogP contribution in [0.2, 0.25) is 5.02 Å². The average Bonchev–Trinajstić information content (AvgIpc) is 2.71. The molecule has 3 heteroatoms. The second kappa shape index (κ2) is 10.8. The summed E-state index contributed by atoms with van der Waals surface area (Å²) in [6.45, 7) is 4.03. The fraction of sp³-hybridized carbons (Fsp3) is 0.750. The van der Waals surface area contributed by atoms with Gasteiger partial charge in [-0.05, 0) is 99.2 Å². The Morgan fingerprint density at radius 2 is 1.63 bits per heavy atom. The minimum absolute atomic E-state index is 0.237. The highest BCUT2D eigenvalue weighted by Gasteiger charge is 2.31. The Morgan fingerprint density at radius 1 is 0.963 bits per heavy atom. The van der Waals surface area contributed by atoms with Crippen molar-refractivity contribution < 1.29 is 9.13 Å². The van der Waals surface area contributed by atoms with Gasteiger partial charge in [-0.1, -0.05) is 37.4 Å². The number of benzene rings is 1. The third kappa shape index (κ3) is 6.19. The van der Waals surface area contributed by atoms with Crippen molar-refractivity contribution in [1.82, 2.24) is 0 Å². The van der Waals surface area contributed by atoms with Crippen molar-refractivity contribution in [1.29, 1.82) is 0 Å². The van der Waals surface area contributed by atoms with E-state index in [1.807, 2.05) is 6.07 Å². The summed E-state index contributed by atoms with van der Waals surface area (Å²) in [5, 5.41) is 0.237. The number of ether oxygens (including phenoxy) is 1. The Bertz CT molecular complexity index is 559. The molecular formula is C24H36ClFO. The van der Waals surface area contributed by atoms with Gasteiger partial charge in [0.2, 0.25) is 0 Å². The highest BCUT2D eigenvalue weighted by Crippen LogP contribution is 2.44. The van der Waals surface area contributed by atoms with E-state index >= 15 is 0 Å². The largest absolute Gasteiger partial charge is 0.381 e. The van der Waals surface area contributed by atoms with Crippen LogP contribution in [0, 0.1) is 23.6 Å². The predicted octanol–water partition coefficient (Wildman–Crippen LogP) is 7.77. The summed E-state index contributed by atoms with van der Waals surface area (Å²) in [6.07, 6.45) is 14.4. The van der Waals surface area contributed by atoms with Gasteiger partial charge < -0.3 is 4.74 Å². The third-order valence-electron chi connectivity index (χ3n) is 6.99. The Balaban J connectivity index is 1.36. The maximum absolute atomic E-state index is 13.7. The van der Waals surface area contributed by atoms with Crippen LogP contribution in [0.15, 0.2) is 18.2 Å². The Hall–Kier alpha value is -0.600. The van der Waals surface area contributed by atoms with E-state index in [1.54, 1.807) is 12.1 Å². The molecule has 0 saturated heterocycles. The molecule has 0 amide bonds. The SMILES string of the molecule is CCCOCCC[C@H]1CC[C@H]([C@H]2CC[C@H](c3ccc(Cl)c(F)c3)CC2)CC1. The van der Waals surface area contributed by atoms with Gasteiger partial charge >= 0.3 is 0 Å². The molecule has 3 rings (SSSR count). The number of hydrogen-bond acceptors (Lipinski definition) is 1. The number of hydrogen-bond donors (Lipinski definition) is 0. The van der Waals surface area contributed by atoms with E-state index in [9.17, 15) is 4.39 Å². The molecule has 152 valence electrons. The molecule has 1 aromatic carbocycles. The van der Waals surface area contributed by atoms with Crippen LogP contribution < -0.4 is 0 Å². The molecule has 0 N–H and O–H groups in total. The molecule has 0 aromatic heterocycles. The predicted molar refractivity (Wildman–Crippen MR) is 112 cm³/mol. The summed E-state index contributed by atoms with van der Waals surface area (Å²) in [6, 6.07) is 5.39. The van der Waals surface area contributed by atoms with E-state index in [0.717, 1.165) is 43.0 Å². The molecule has 2 fully saturated rings. The van der Waals surface area contributed by atoms with Crippen molar-refractivity contribution in [3.05, 3.63) is 34.6 Å². The lowest BCUT2D eigenvalue weighted by Gasteiger charge is -2.38. The van der Waals surface area contributed by atoms with Gasteiger partial charge in [0.05, 0.1) is 5.02 Å². The smallest absolute Gasteiger partial charge is 0.142 e. The molecule has 0 heterocycles. The van der Waals surface area contributed by atoms with E-state index in [4.69, 9.17) is 16.3 Å². The fourth-order valence-corrected chi connectivity index (χ4v) is 5.48. The van der Waals surface area contributed by atoms with Crippen LogP contribution >= 0.6 is 11.6 Å². The van der Waals surface area contributed by atoms with Gasteiger partial charge in [0, 0.05) is 13.2 Å². The molecule has 27 heavy (non-hydrogen) atoms. The number of rotatable bonds is 8. The first-order chi connectivity index (χ1) is 13.2. The standard InChI is InChI=1S/C24H36ClFO/c1-2-15-27-16-3-4-18-5-7-19(8-6-18)20-9-11-21(12-10-20)22-13-14-23(25)24(26)17-22/h13-14,17-21H,2-12,15-16H2,1H3/t18-,19-,20-,21-. The first-order valence-corrected chi connectivity index (χ1v) is 11.6. The molecule has 2 saturated carbocycles. The van der Waals surface area contributed by atoms with Crippen molar-refractivity contribution in [3.63, 3.8) is 0 Å². The molecule has 0 radical (unpaired) electrons. The molecule has 0 unspecified atom stereocenters.